The predicted molar refractivity (Wildman–Crippen MR) is 60.5 cm³/mol. The largest absolute Gasteiger partial charge is 0.508 e. The molecule has 0 aliphatic carbocycles. The van der Waals surface area contributed by atoms with Gasteiger partial charge in [-0.2, -0.15) is 0 Å². The standard InChI is InChI=1S/C12H12N2O2/c1-7-6-14-10-3-2-9(15)4-8(10)5-11(14)12(16)13-7/h2-5,7,15H,6H2,1H3,(H,13,16)/t7-/m0/s1. The van der Waals surface area contributed by atoms with Gasteiger partial charge >= 0.3 is 0 Å². The minimum Gasteiger partial charge on any atom is -0.508 e. The van der Waals surface area contributed by atoms with Crippen molar-refractivity contribution >= 4 is 16.8 Å². The minimum absolute atomic E-state index is 0.0468. The van der Waals surface area contributed by atoms with Crippen molar-refractivity contribution in [2.45, 2.75) is 19.5 Å². The fraction of sp³-hybridized carbons (Fsp3) is 0.250. The number of phenols is 1. The van der Waals surface area contributed by atoms with Gasteiger partial charge in [-0.1, -0.05) is 0 Å². The number of fused-ring (bicyclic) bond motifs is 3. The number of phenolic OH excluding ortho intramolecular Hbond substituents is 1. The summed E-state index contributed by atoms with van der Waals surface area (Å²) in [6.45, 7) is 2.75. The maximum absolute atomic E-state index is 11.8. The lowest BCUT2D eigenvalue weighted by atomic mass is 10.2. The van der Waals surface area contributed by atoms with Crippen molar-refractivity contribution in [3.63, 3.8) is 0 Å². The quantitative estimate of drug-likeness (QED) is 0.700. The summed E-state index contributed by atoms with van der Waals surface area (Å²) in [6, 6.07) is 7.13. The third-order valence-electron chi connectivity index (χ3n) is 2.95. The monoisotopic (exact) mass is 216 g/mol. The fourth-order valence-corrected chi connectivity index (χ4v) is 2.26. The molecule has 0 saturated carbocycles. The molecule has 2 N–H and O–H groups in total. The molecule has 2 heterocycles. The van der Waals surface area contributed by atoms with Gasteiger partial charge in [-0.25, -0.2) is 0 Å². The van der Waals surface area contributed by atoms with Crippen LogP contribution in [0.5, 0.6) is 5.75 Å². The van der Waals surface area contributed by atoms with E-state index in [9.17, 15) is 9.90 Å². The molecule has 0 bridgehead atoms. The van der Waals surface area contributed by atoms with E-state index in [2.05, 4.69) is 5.32 Å². The summed E-state index contributed by atoms with van der Waals surface area (Å²) in [5, 5.41) is 13.2. The summed E-state index contributed by atoms with van der Waals surface area (Å²) >= 11 is 0. The van der Waals surface area contributed by atoms with Gasteiger partial charge in [0.05, 0.1) is 0 Å². The number of amides is 1. The third-order valence-corrected chi connectivity index (χ3v) is 2.95. The molecule has 1 aliphatic rings. The first-order valence-electron chi connectivity index (χ1n) is 5.28. The second-order valence-electron chi connectivity index (χ2n) is 4.26. The van der Waals surface area contributed by atoms with Crippen LogP contribution in [-0.4, -0.2) is 21.6 Å². The second kappa shape index (κ2) is 3.01. The van der Waals surface area contributed by atoms with E-state index >= 15 is 0 Å². The summed E-state index contributed by atoms with van der Waals surface area (Å²) in [6.07, 6.45) is 0. The Kier molecular flexibility index (Phi) is 1.74. The zero-order chi connectivity index (χ0) is 11.3. The molecule has 1 aromatic heterocycles. The molecule has 1 atom stereocenters. The number of aromatic hydroxyl groups is 1. The Bertz CT molecular complexity index is 586. The van der Waals surface area contributed by atoms with Crippen LogP contribution < -0.4 is 5.32 Å². The molecule has 4 heteroatoms. The van der Waals surface area contributed by atoms with E-state index in [0.717, 1.165) is 17.4 Å². The molecule has 0 spiro atoms. The van der Waals surface area contributed by atoms with Crippen molar-refractivity contribution in [2.24, 2.45) is 0 Å². The van der Waals surface area contributed by atoms with Crippen LogP contribution >= 0.6 is 0 Å². The Morgan fingerprint density at radius 3 is 3.06 bits per heavy atom. The van der Waals surface area contributed by atoms with Gasteiger partial charge in [0.25, 0.3) is 5.91 Å². The highest BCUT2D eigenvalue weighted by molar-refractivity contribution is 5.99. The van der Waals surface area contributed by atoms with Crippen LogP contribution in [0.4, 0.5) is 0 Å². The molecular weight excluding hydrogens is 204 g/mol. The summed E-state index contributed by atoms with van der Waals surface area (Å²) in [7, 11) is 0. The highest BCUT2D eigenvalue weighted by Crippen LogP contribution is 2.25. The fourth-order valence-electron chi connectivity index (χ4n) is 2.26. The van der Waals surface area contributed by atoms with Crippen LogP contribution in [0, 0.1) is 0 Å². The van der Waals surface area contributed by atoms with Crippen molar-refractivity contribution in [2.75, 3.05) is 0 Å². The Morgan fingerprint density at radius 1 is 1.44 bits per heavy atom. The molecule has 0 saturated heterocycles. The molecule has 0 radical (unpaired) electrons. The van der Waals surface area contributed by atoms with Crippen molar-refractivity contribution in [3.8, 4) is 5.75 Å². The average Bonchev–Trinajstić information content (AvgIpc) is 2.56. The van der Waals surface area contributed by atoms with E-state index in [4.69, 9.17) is 0 Å². The predicted octanol–water partition coefficient (Wildman–Crippen LogP) is 1.48. The number of hydrogen-bond donors (Lipinski definition) is 2. The van der Waals surface area contributed by atoms with E-state index in [1.807, 2.05) is 23.6 Å². The van der Waals surface area contributed by atoms with Crippen molar-refractivity contribution in [1.82, 2.24) is 9.88 Å². The number of rotatable bonds is 0. The average molecular weight is 216 g/mol. The molecule has 1 aliphatic heterocycles. The summed E-state index contributed by atoms with van der Waals surface area (Å²) in [5.74, 6) is 0.179. The lowest BCUT2D eigenvalue weighted by molar-refractivity contribution is 0.0907. The van der Waals surface area contributed by atoms with Gasteiger partial charge < -0.3 is 15.0 Å². The van der Waals surface area contributed by atoms with Crippen molar-refractivity contribution < 1.29 is 9.90 Å². The van der Waals surface area contributed by atoms with E-state index in [-0.39, 0.29) is 17.7 Å². The number of aromatic nitrogens is 1. The smallest absolute Gasteiger partial charge is 0.268 e. The number of carbonyl (C=O) groups is 1. The maximum atomic E-state index is 11.8. The molecule has 1 amide bonds. The van der Waals surface area contributed by atoms with Crippen LogP contribution in [-0.2, 0) is 6.54 Å². The molecule has 82 valence electrons. The zero-order valence-electron chi connectivity index (χ0n) is 8.90. The van der Waals surface area contributed by atoms with Crippen molar-refractivity contribution in [1.29, 1.82) is 0 Å². The summed E-state index contributed by atoms with van der Waals surface area (Å²) in [4.78, 5) is 11.8. The lowest BCUT2D eigenvalue weighted by Crippen LogP contribution is -2.42. The van der Waals surface area contributed by atoms with Gasteiger partial charge in [0.15, 0.2) is 0 Å². The number of hydrogen-bond acceptors (Lipinski definition) is 2. The summed E-state index contributed by atoms with van der Waals surface area (Å²) < 4.78 is 2.00. The van der Waals surface area contributed by atoms with Gasteiger partial charge in [0.2, 0.25) is 0 Å². The molecule has 2 aromatic rings. The molecule has 0 fully saturated rings. The SMILES string of the molecule is C[C@H]1Cn2c(cc3cc(O)ccc32)C(=O)N1. The molecule has 16 heavy (non-hydrogen) atoms. The maximum Gasteiger partial charge on any atom is 0.268 e. The molecule has 1 aromatic carbocycles. The Morgan fingerprint density at radius 2 is 2.25 bits per heavy atom. The van der Waals surface area contributed by atoms with Crippen LogP contribution in [0.3, 0.4) is 0 Å². The van der Waals surface area contributed by atoms with Gasteiger partial charge in [-0.3, -0.25) is 4.79 Å². The van der Waals surface area contributed by atoms with E-state index in [1.54, 1.807) is 12.1 Å². The first kappa shape index (κ1) is 9.27. The first-order chi connectivity index (χ1) is 7.65. The number of carbonyl (C=O) groups excluding carboxylic acids is 1. The van der Waals surface area contributed by atoms with Gasteiger partial charge in [-0.05, 0) is 31.2 Å². The molecule has 0 unspecified atom stereocenters. The number of nitrogens with zero attached hydrogens (tertiary/aromatic N) is 1. The zero-order valence-corrected chi connectivity index (χ0v) is 8.90. The van der Waals surface area contributed by atoms with Crippen molar-refractivity contribution in [3.05, 3.63) is 30.0 Å². The highest BCUT2D eigenvalue weighted by atomic mass is 16.3. The van der Waals surface area contributed by atoms with Crippen LogP contribution in [0.15, 0.2) is 24.3 Å². The molecule has 3 rings (SSSR count). The van der Waals surface area contributed by atoms with E-state index < -0.39 is 0 Å². The van der Waals surface area contributed by atoms with Gasteiger partial charge in [-0.15, -0.1) is 0 Å². The van der Waals surface area contributed by atoms with Gasteiger partial charge in [0.1, 0.15) is 11.4 Å². The number of benzene rings is 1. The lowest BCUT2D eigenvalue weighted by Gasteiger charge is -2.23. The van der Waals surface area contributed by atoms with Crippen LogP contribution in [0.1, 0.15) is 17.4 Å². The van der Waals surface area contributed by atoms with Crippen LogP contribution in [0.25, 0.3) is 10.9 Å². The third kappa shape index (κ3) is 1.19. The Hall–Kier alpha value is -1.97. The normalized spacial score (nSPS) is 19.6. The van der Waals surface area contributed by atoms with E-state index in [1.165, 1.54) is 0 Å². The number of nitrogens with one attached hydrogen (secondary N) is 1. The summed E-state index contributed by atoms with van der Waals surface area (Å²) in [5.41, 5.74) is 1.66. The van der Waals surface area contributed by atoms with Gasteiger partial charge in [0, 0.05) is 23.5 Å². The minimum atomic E-state index is -0.0468. The highest BCUT2D eigenvalue weighted by Gasteiger charge is 2.23. The molecule has 4 nitrogen and oxygen atoms in total. The first-order valence-corrected chi connectivity index (χ1v) is 5.28. The van der Waals surface area contributed by atoms with E-state index in [0.29, 0.717) is 5.69 Å². The Balaban J connectivity index is 2.30. The second-order valence-corrected chi connectivity index (χ2v) is 4.26. The van der Waals surface area contributed by atoms with Crippen LogP contribution in [0.2, 0.25) is 0 Å². The Labute approximate surface area is 92.5 Å². The molecular formula is C12H12N2O2. The topological polar surface area (TPSA) is 54.3 Å².